The number of nitrogens with zero attached hydrogens (tertiary/aromatic N) is 1. The van der Waals surface area contributed by atoms with E-state index in [0.29, 0.717) is 12.1 Å². The van der Waals surface area contributed by atoms with Crippen LogP contribution in [0.2, 0.25) is 0 Å². The molecule has 0 bridgehead atoms. The topological polar surface area (TPSA) is 57.2 Å². The van der Waals surface area contributed by atoms with Gasteiger partial charge in [-0.1, -0.05) is 24.3 Å². The minimum Gasteiger partial charge on any atom is -0.480 e. The molecule has 0 spiro atoms. The van der Waals surface area contributed by atoms with Crippen molar-refractivity contribution < 1.29 is 9.53 Å². The van der Waals surface area contributed by atoms with Crippen molar-refractivity contribution in [3.8, 4) is 5.75 Å². The zero-order valence-corrected chi connectivity index (χ0v) is 11.3. The Morgan fingerprint density at radius 2 is 2.00 bits per heavy atom. The minimum atomic E-state index is -0.473. The summed E-state index contributed by atoms with van der Waals surface area (Å²) < 4.78 is 7.40. The molecular weight excluding hydrogens is 264 g/mol. The van der Waals surface area contributed by atoms with Crippen LogP contribution < -0.4 is 10.5 Å². The number of para-hydroxylation sites is 1. The van der Waals surface area contributed by atoms with Crippen molar-refractivity contribution in [3.63, 3.8) is 0 Å². The van der Waals surface area contributed by atoms with Crippen molar-refractivity contribution in [3.05, 3.63) is 60.3 Å². The van der Waals surface area contributed by atoms with Crippen molar-refractivity contribution in [2.24, 2.45) is 0 Å². The van der Waals surface area contributed by atoms with Crippen LogP contribution in [0.25, 0.3) is 10.9 Å². The number of carbonyl (C=O) groups is 1. The molecule has 104 valence electrons. The molecule has 4 rings (SSSR count). The number of anilines is 1. The number of hydrogen-bond acceptors (Lipinski definition) is 3. The molecule has 3 aromatic rings. The van der Waals surface area contributed by atoms with Gasteiger partial charge in [-0.2, -0.15) is 0 Å². The van der Waals surface area contributed by atoms with Gasteiger partial charge in [-0.15, -0.1) is 0 Å². The molecule has 0 saturated heterocycles. The third kappa shape index (κ3) is 1.80. The fourth-order valence-electron chi connectivity index (χ4n) is 2.86. The summed E-state index contributed by atoms with van der Waals surface area (Å²) in [5.74, 6) is 0.735. The Bertz CT molecular complexity index is 826. The zero-order chi connectivity index (χ0) is 14.4. The van der Waals surface area contributed by atoms with Gasteiger partial charge in [-0.25, -0.2) is 0 Å². The molecule has 0 saturated carbocycles. The molecule has 4 nitrogen and oxygen atoms in total. The first-order valence-corrected chi connectivity index (χ1v) is 6.88. The molecule has 1 unspecified atom stereocenters. The fraction of sp³-hybridized carbons (Fsp3) is 0.118. The van der Waals surface area contributed by atoms with E-state index in [4.69, 9.17) is 10.5 Å². The van der Waals surface area contributed by atoms with Gasteiger partial charge >= 0.3 is 0 Å². The lowest BCUT2D eigenvalue weighted by atomic mass is 10.1. The standard InChI is InChI=1S/C17H14N2O2/c18-13-5-3-6-14-12(13)8-9-19(14)17(20)16-10-11-4-1-2-7-15(11)21-16/h1-9,16H,10,18H2. The Morgan fingerprint density at radius 3 is 2.86 bits per heavy atom. The van der Waals surface area contributed by atoms with Crippen LogP contribution in [-0.2, 0) is 6.42 Å². The smallest absolute Gasteiger partial charge is 0.272 e. The first-order valence-electron chi connectivity index (χ1n) is 6.88. The van der Waals surface area contributed by atoms with Gasteiger partial charge < -0.3 is 10.5 Å². The van der Waals surface area contributed by atoms with E-state index in [1.807, 2.05) is 48.5 Å². The normalized spacial score (nSPS) is 16.7. The maximum atomic E-state index is 12.7. The van der Waals surface area contributed by atoms with Crippen LogP contribution in [0.4, 0.5) is 5.69 Å². The molecule has 0 aliphatic carbocycles. The maximum Gasteiger partial charge on any atom is 0.272 e. The summed E-state index contributed by atoms with van der Waals surface area (Å²) in [6.45, 7) is 0. The Balaban J connectivity index is 1.71. The Hall–Kier alpha value is -2.75. The highest BCUT2D eigenvalue weighted by molar-refractivity contribution is 5.99. The van der Waals surface area contributed by atoms with E-state index >= 15 is 0 Å². The summed E-state index contributed by atoms with van der Waals surface area (Å²) in [5.41, 5.74) is 8.51. The van der Waals surface area contributed by atoms with Crippen LogP contribution in [0.5, 0.6) is 5.75 Å². The maximum absolute atomic E-state index is 12.7. The highest BCUT2D eigenvalue weighted by Crippen LogP contribution is 2.30. The number of fused-ring (bicyclic) bond motifs is 2. The predicted molar refractivity (Wildman–Crippen MR) is 81.5 cm³/mol. The monoisotopic (exact) mass is 278 g/mol. The third-order valence-corrected chi connectivity index (χ3v) is 3.93. The van der Waals surface area contributed by atoms with E-state index < -0.39 is 6.10 Å². The molecule has 2 aromatic carbocycles. The lowest BCUT2D eigenvalue weighted by molar-refractivity contribution is 0.0740. The number of nitrogens with two attached hydrogens (primary N) is 1. The second-order valence-corrected chi connectivity index (χ2v) is 5.22. The number of carbonyl (C=O) groups excluding carboxylic acids is 1. The molecule has 1 atom stereocenters. The largest absolute Gasteiger partial charge is 0.480 e. The lowest BCUT2D eigenvalue weighted by Crippen LogP contribution is -2.30. The lowest BCUT2D eigenvalue weighted by Gasteiger charge is -2.11. The SMILES string of the molecule is Nc1cccc2c1ccn2C(=O)C1Cc2ccccc2O1. The Morgan fingerprint density at radius 1 is 1.14 bits per heavy atom. The molecule has 2 N–H and O–H groups in total. The molecule has 0 amide bonds. The first kappa shape index (κ1) is 12.0. The molecular formula is C17H14N2O2. The van der Waals surface area contributed by atoms with Gasteiger partial charge in [-0.05, 0) is 29.8 Å². The summed E-state index contributed by atoms with van der Waals surface area (Å²) in [6.07, 6.45) is 1.90. The predicted octanol–water partition coefficient (Wildman–Crippen LogP) is 2.87. The van der Waals surface area contributed by atoms with Gasteiger partial charge in [0.25, 0.3) is 5.91 Å². The number of nitrogen functional groups attached to an aromatic ring is 1. The molecule has 1 aliphatic rings. The van der Waals surface area contributed by atoms with Crippen molar-refractivity contribution in [2.45, 2.75) is 12.5 Å². The van der Waals surface area contributed by atoms with Crippen LogP contribution in [0.3, 0.4) is 0 Å². The number of aromatic nitrogens is 1. The van der Waals surface area contributed by atoms with Crippen molar-refractivity contribution in [1.29, 1.82) is 0 Å². The van der Waals surface area contributed by atoms with Gasteiger partial charge in [0.05, 0.1) is 5.52 Å². The van der Waals surface area contributed by atoms with E-state index in [2.05, 4.69) is 0 Å². The molecule has 4 heteroatoms. The first-order chi connectivity index (χ1) is 10.2. The van der Waals surface area contributed by atoms with Crippen LogP contribution in [0, 0.1) is 0 Å². The quantitative estimate of drug-likeness (QED) is 0.696. The van der Waals surface area contributed by atoms with Gasteiger partial charge in [0, 0.05) is 23.7 Å². The molecule has 0 fully saturated rings. The summed E-state index contributed by atoms with van der Waals surface area (Å²) in [4.78, 5) is 12.7. The summed E-state index contributed by atoms with van der Waals surface area (Å²) in [7, 11) is 0. The Labute approximate surface area is 121 Å². The molecule has 21 heavy (non-hydrogen) atoms. The van der Waals surface area contributed by atoms with Gasteiger partial charge in [0.1, 0.15) is 5.75 Å². The van der Waals surface area contributed by atoms with Gasteiger partial charge in [-0.3, -0.25) is 9.36 Å². The van der Waals surface area contributed by atoms with E-state index in [1.165, 1.54) is 0 Å². The van der Waals surface area contributed by atoms with Crippen LogP contribution in [0.15, 0.2) is 54.7 Å². The van der Waals surface area contributed by atoms with Crippen molar-refractivity contribution in [1.82, 2.24) is 4.57 Å². The number of benzene rings is 2. The average molecular weight is 278 g/mol. The van der Waals surface area contributed by atoms with Crippen LogP contribution in [0.1, 0.15) is 10.4 Å². The van der Waals surface area contributed by atoms with Crippen molar-refractivity contribution >= 4 is 22.5 Å². The minimum absolute atomic E-state index is 0.0631. The second kappa shape index (κ2) is 4.38. The fourth-order valence-corrected chi connectivity index (χ4v) is 2.86. The number of ether oxygens (including phenoxy) is 1. The van der Waals surface area contributed by atoms with E-state index in [-0.39, 0.29) is 5.91 Å². The summed E-state index contributed by atoms with van der Waals surface area (Å²) >= 11 is 0. The van der Waals surface area contributed by atoms with Crippen LogP contribution in [-0.4, -0.2) is 16.6 Å². The highest BCUT2D eigenvalue weighted by atomic mass is 16.5. The highest BCUT2D eigenvalue weighted by Gasteiger charge is 2.30. The number of hydrogen-bond donors (Lipinski definition) is 1. The van der Waals surface area contributed by atoms with Crippen molar-refractivity contribution in [2.75, 3.05) is 5.73 Å². The second-order valence-electron chi connectivity index (χ2n) is 5.22. The van der Waals surface area contributed by atoms with E-state index in [1.54, 1.807) is 10.8 Å². The molecule has 2 heterocycles. The molecule has 1 aliphatic heterocycles. The Kier molecular flexibility index (Phi) is 2.51. The molecule has 1 aromatic heterocycles. The average Bonchev–Trinajstić information content (AvgIpc) is 3.11. The van der Waals surface area contributed by atoms with E-state index in [0.717, 1.165) is 22.2 Å². The summed E-state index contributed by atoms with van der Waals surface area (Å²) in [6, 6.07) is 15.2. The number of rotatable bonds is 1. The van der Waals surface area contributed by atoms with E-state index in [9.17, 15) is 4.79 Å². The zero-order valence-electron chi connectivity index (χ0n) is 11.3. The van der Waals surface area contributed by atoms with Crippen LogP contribution >= 0.6 is 0 Å². The molecule has 0 radical (unpaired) electrons. The third-order valence-electron chi connectivity index (χ3n) is 3.93. The summed E-state index contributed by atoms with van der Waals surface area (Å²) in [5, 5.41) is 0.890. The van der Waals surface area contributed by atoms with Gasteiger partial charge in [0.2, 0.25) is 0 Å². The van der Waals surface area contributed by atoms with Gasteiger partial charge in [0.15, 0.2) is 6.10 Å².